The number of amides is 1. The van der Waals surface area contributed by atoms with Gasteiger partial charge >= 0.3 is 0 Å². The fraction of sp³-hybridized carbons (Fsp3) is 0.300. The second-order valence-corrected chi connectivity index (χ2v) is 3.47. The Labute approximate surface area is 88.2 Å². The summed E-state index contributed by atoms with van der Waals surface area (Å²) in [4.78, 5) is 12.6. The Hall–Kier alpha value is -1.22. The molecule has 0 N–H and O–H groups in total. The van der Waals surface area contributed by atoms with Gasteiger partial charge in [0.15, 0.2) is 6.61 Å². The van der Waals surface area contributed by atoms with Gasteiger partial charge in [-0.2, -0.15) is 0 Å². The quantitative estimate of drug-likeness (QED) is 0.767. The fourth-order valence-corrected chi connectivity index (χ4v) is 0.931. The van der Waals surface area contributed by atoms with Crippen molar-refractivity contribution in [2.24, 2.45) is 0 Å². The van der Waals surface area contributed by atoms with E-state index in [4.69, 9.17) is 16.3 Å². The predicted molar refractivity (Wildman–Crippen MR) is 55.6 cm³/mol. The van der Waals surface area contributed by atoms with Crippen LogP contribution in [-0.2, 0) is 4.79 Å². The summed E-state index contributed by atoms with van der Waals surface area (Å²) in [6, 6.07) is 6.89. The van der Waals surface area contributed by atoms with Gasteiger partial charge in [0.1, 0.15) is 5.75 Å². The molecule has 3 nitrogen and oxygen atoms in total. The van der Waals surface area contributed by atoms with Crippen LogP contribution in [0.5, 0.6) is 5.75 Å². The second-order valence-electron chi connectivity index (χ2n) is 3.03. The van der Waals surface area contributed by atoms with E-state index >= 15 is 0 Å². The minimum Gasteiger partial charge on any atom is -0.484 e. The molecule has 1 rings (SSSR count). The maximum atomic E-state index is 11.2. The van der Waals surface area contributed by atoms with E-state index in [1.807, 2.05) is 0 Å². The lowest BCUT2D eigenvalue weighted by molar-refractivity contribution is -0.130. The molecule has 0 heterocycles. The lowest BCUT2D eigenvalue weighted by Gasteiger charge is -2.11. The summed E-state index contributed by atoms with van der Waals surface area (Å²) < 4.78 is 5.23. The van der Waals surface area contributed by atoms with Crippen molar-refractivity contribution in [2.75, 3.05) is 20.7 Å². The molecule has 0 atom stereocenters. The van der Waals surface area contributed by atoms with Gasteiger partial charge in [0.05, 0.1) is 0 Å². The van der Waals surface area contributed by atoms with Crippen molar-refractivity contribution in [1.82, 2.24) is 4.90 Å². The number of nitrogens with zero attached hydrogens (tertiary/aromatic N) is 1. The summed E-state index contributed by atoms with van der Waals surface area (Å²) in [5.74, 6) is 0.574. The van der Waals surface area contributed by atoms with Crippen LogP contribution in [-0.4, -0.2) is 31.5 Å². The van der Waals surface area contributed by atoms with Crippen LogP contribution >= 0.6 is 11.6 Å². The molecule has 0 radical (unpaired) electrons. The first kappa shape index (κ1) is 10.9. The molecule has 0 saturated heterocycles. The predicted octanol–water partition coefficient (Wildman–Crippen LogP) is 1.81. The highest BCUT2D eigenvalue weighted by molar-refractivity contribution is 6.30. The van der Waals surface area contributed by atoms with Crippen LogP contribution in [0, 0.1) is 0 Å². The third-order valence-corrected chi connectivity index (χ3v) is 1.93. The molecule has 0 aliphatic carbocycles. The Kier molecular flexibility index (Phi) is 3.77. The van der Waals surface area contributed by atoms with Crippen LogP contribution in [0.2, 0.25) is 5.02 Å². The SMILES string of the molecule is CN(C)C(=O)COc1ccc(Cl)cc1. The lowest BCUT2D eigenvalue weighted by atomic mass is 10.3. The van der Waals surface area contributed by atoms with E-state index in [1.54, 1.807) is 38.4 Å². The molecule has 1 aromatic rings. The summed E-state index contributed by atoms with van der Waals surface area (Å²) in [5, 5.41) is 0.649. The number of rotatable bonds is 3. The van der Waals surface area contributed by atoms with Crippen LogP contribution in [0.25, 0.3) is 0 Å². The van der Waals surface area contributed by atoms with Crippen LogP contribution in [0.1, 0.15) is 0 Å². The minimum absolute atomic E-state index is 0.0502. The van der Waals surface area contributed by atoms with E-state index in [0.717, 1.165) is 0 Å². The van der Waals surface area contributed by atoms with E-state index in [2.05, 4.69) is 0 Å². The van der Waals surface area contributed by atoms with Crippen LogP contribution in [0.4, 0.5) is 0 Å². The van der Waals surface area contributed by atoms with E-state index in [1.165, 1.54) is 4.90 Å². The zero-order valence-electron chi connectivity index (χ0n) is 8.16. The molecule has 76 valence electrons. The van der Waals surface area contributed by atoms with Gasteiger partial charge in [0, 0.05) is 19.1 Å². The molecule has 0 bridgehead atoms. The van der Waals surface area contributed by atoms with Crippen molar-refractivity contribution in [3.05, 3.63) is 29.3 Å². The Morgan fingerprint density at radius 3 is 2.43 bits per heavy atom. The highest BCUT2D eigenvalue weighted by atomic mass is 35.5. The largest absolute Gasteiger partial charge is 0.484 e. The van der Waals surface area contributed by atoms with Crippen molar-refractivity contribution in [3.8, 4) is 5.75 Å². The third kappa shape index (κ3) is 3.26. The third-order valence-electron chi connectivity index (χ3n) is 1.67. The van der Waals surface area contributed by atoms with E-state index < -0.39 is 0 Å². The Balaban J connectivity index is 2.46. The summed E-state index contributed by atoms with van der Waals surface area (Å²) in [7, 11) is 3.38. The molecule has 0 spiro atoms. The normalized spacial score (nSPS) is 9.64. The van der Waals surface area contributed by atoms with Gasteiger partial charge < -0.3 is 9.64 Å². The van der Waals surface area contributed by atoms with Gasteiger partial charge in [0.25, 0.3) is 5.91 Å². The van der Waals surface area contributed by atoms with Gasteiger partial charge in [-0.1, -0.05) is 11.6 Å². The molecule has 0 aliphatic heterocycles. The zero-order valence-corrected chi connectivity index (χ0v) is 8.91. The molecule has 0 unspecified atom stereocenters. The molecule has 0 saturated carbocycles. The number of benzene rings is 1. The highest BCUT2D eigenvalue weighted by Crippen LogP contribution is 2.15. The summed E-state index contributed by atoms with van der Waals surface area (Å²) in [5.41, 5.74) is 0. The van der Waals surface area contributed by atoms with Gasteiger partial charge in [-0.3, -0.25) is 4.79 Å². The number of carbonyl (C=O) groups excluding carboxylic acids is 1. The van der Waals surface area contributed by atoms with Crippen molar-refractivity contribution >= 4 is 17.5 Å². The van der Waals surface area contributed by atoms with Gasteiger partial charge in [-0.25, -0.2) is 0 Å². The number of halogens is 1. The average Bonchev–Trinajstić information content (AvgIpc) is 2.16. The minimum atomic E-state index is -0.0695. The van der Waals surface area contributed by atoms with Gasteiger partial charge in [-0.15, -0.1) is 0 Å². The number of hydrogen-bond acceptors (Lipinski definition) is 2. The maximum absolute atomic E-state index is 11.2. The first-order valence-electron chi connectivity index (χ1n) is 4.18. The summed E-state index contributed by atoms with van der Waals surface area (Å²) >= 11 is 5.69. The molecular formula is C10H12ClNO2. The van der Waals surface area contributed by atoms with Crippen molar-refractivity contribution in [2.45, 2.75) is 0 Å². The van der Waals surface area contributed by atoms with Crippen LogP contribution < -0.4 is 4.74 Å². The summed E-state index contributed by atoms with van der Waals surface area (Å²) in [6.07, 6.45) is 0. The van der Waals surface area contributed by atoms with Crippen LogP contribution in [0.15, 0.2) is 24.3 Å². The molecule has 0 fully saturated rings. The molecular weight excluding hydrogens is 202 g/mol. The second kappa shape index (κ2) is 4.86. The molecule has 1 aromatic carbocycles. The van der Waals surface area contributed by atoms with E-state index in [0.29, 0.717) is 10.8 Å². The van der Waals surface area contributed by atoms with Crippen molar-refractivity contribution < 1.29 is 9.53 Å². The Morgan fingerprint density at radius 2 is 1.93 bits per heavy atom. The molecule has 1 amide bonds. The standard InChI is InChI=1S/C10H12ClNO2/c1-12(2)10(13)7-14-9-5-3-8(11)4-6-9/h3-6H,7H2,1-2H3. The Bertz CT molecular complexity index is 308. The Morgan fingerprint density at radius 1 is 1.36 bits per heavy atom. The maximum Gasteiger partial charge on any atom is 0.259 e. The molecule has 4 heteroatoms. The van der Waals surface area contributed by atoms with Crippen molar-refractivity contribution in [3.63, 3.8) is 0 Å². The topological polar surface area (TPSA) is 29.5 Å². The lowest BCUT2D eigenvalue weighted by Crippen LogP contribution is -2.27. The highest BCUT2D eigenvalue weighted by Gasteiger charge is 2.04. The van der Waals surface area contributed by atoms with Crippen molar-refractivity contribution in [1.29, 1.82) is 0 Å². The fourth-order valence-electron chi connectivity index (χ4n) is 0.805. The van der Waals surface area contributed by atoms with Gasteiger partial charge in [0.2, 0.25) is 0 Å². The number of likely N-dealkylation sites (N-methyl/N-ethyl adjacent to an activating group) is 1. The van der Waals surface area contributed by atoms with Crippen LogP contribution in [0.3, 0.4) is 0 Å². The molecule has 14 heavy (non-hydrogen) atoms. The monoisotopic (exact) mass is 213 g/mol. The molecule has 0 aliphatic rings. The number of ether oxygens (including phenoxy) is 1. The number of carbonyl (C=O) groups is 1. The number of hydrogen-bond donors (Lipinski definition) is 0. The zero-order chi connectivity index (χ0) is 10.6. The smallest absolute Gasteiger partial charge is 0.259 e. The first-order chi connectivity index (χ1) is 6.59. The van der Waals surface area contributed by atoms with E-state index in [9.17, 15) is 4.79 Å². The average molecular weight is 214 g/mol. The van der Waals surface area contributed by atoms with Gasteiger partial charge in [-0.05, 0) is 24.3 Å². The first-order valence-corrected chi connectivity index (χ1v) is 4.56. The molecule has 0 aromatic heterocycles. The van der Waals surface area contributed by atoms with E-state index in [-0.39, 0.29) is 12.5 Å². The summed E-state index contributed by atoms with van der Waals surface area (Å²) in [6.45, 7) is 0.0502.